The molecule has 0 atom stereocenters. The largest absolute Gasteiger partial charge is 0.273 e. The summed E-state index contributed by atoms with van der Waals surface area (Å²) >= 11 is 0. The molecule has 0 aliphatic heterocycles. The van der Waals surface area contributed by atoms with Gasteiger partial charge in [-0.05, 0) is 23.1 Å². The molecule has 108 valence electrons. The minimum Gasteiger partial charge on any atom is -0.273 e. The normalized spacial score (nSPS) is 10.7. The highest BCUT2D eigenvalue weighted by Crippen LogP contribution is 2.18. The summed E-state index contributed by atoms with van der Waals surface area (Å²) in [5.41, 5.74) is 5.86. The van der Waals surface area contributed by atoms with Crippen LogP contribution in [0.1, 0.15) is 31.7 Å². The maximum Gasteiger partial charge on any atom is 0.240 e. The number of amides is 1. The Morgan fingerprint density at radius 1 is 1.05 bits per heavy atom. The maximum absolute atomic E-state index is 11.4. The smallest absolute Gasteiger partial charge is 0.240 e. The summed E-state index contributed by atoms with van der Waals surface area (Å²) in [6.45, 7) is 2.06. The molecule has 0 aromatic heterocycles. The fourth-order valence-electron chi connectivity index (χ4n) is 1.96. The third-order valence-electron chi connectivity index (χ3n) is 3.18. The van der Waals surface area contributed by atoms with E-state index in [0.717, 1.165) is 18.4 Å². The fraction of sp³-hybridized carbons (Fsp3) is 0.222. The Labute approximate surface area is 125 Å². The van der Waals surface area contributed by atoms with Crippen LogP contribution in [0.15, 0.2) is 59.7 Å². The second kappa shape index (κ2) is 8.00. The molecule has 0 spiro atoms. The van der Waals surface area contributed by atoms with E-state index >= 15 is 0 Å². The number of carbonyl (C=O) groups excluding carboxylic acids is 1. The Morgan fingerprint density at radius 3 is 2.38 bits per heavy atom. The van der Waals surface area contributed by atoms with E-state index in [1.807, 2.05) is 30.3 Å². The minimum atomic E-state index is -0.0333. The Bertz CT molecular complexity index is 588. The molecule has 2 aromatic rings. The Morgan fingerprint density at radius 2 is 1.71 bits per heavy atom. The summed E-state index contributed by atoms with van der Waals surface area (Å²) < 4.78 is 0. The lowest BCUT2D eigenvalue weighted by molar-refractivity contribution is -0.121. The van der Waals surface area contributed by atoms with Gasteiger partial charge in [0.1, 0.15) is 0 Å². The molecule has 2 aromatic carbocycles. The molecule has 0 fully saturated rings. The molecule has 0 unspecified atom stereocenters. The van der Waals surface area contributed by atoms with Crippen LogP contribution in [0.25, 0.3) is 11.1 Å². The number of hydrogen-bond donors (Lipinski definition) is 1. The quantitative estimate of drug-likeness (QED) is 0.631. The zero-order valence-electron chi connectivity index (χ0n) is 12.3. The lowest BCUT2D eigenvalue weighted by atomic mass is 10.0. The average molecular weight is 280 g/mol. The second-order valence-corrected chi connectivity index (χ2v) is 4.88. The van der Waals surface area contributed by atoms with E-state index in [4.69, 9.17) is 0 Å². The molecule has 1 N–H and O–H groups in total. The van der Waals surface area contributed by atoms with Crippen LogP contribution in [0.5, 0.6) is 0 Å². The molecule has 3 nitrogen and oxygen atoms in total. The lowest BCUT2D eigenvalue weighted by Gasteiger charge is -2.02. The van der Waals surface area contributed by atoms with Crippen molar-refractivity contribution in [3.8, 4) is 11.1 Å². The number of rotatable bonds is 6. The van der Waals surface area contributed by atoms with Gasteiger partial charge in [-0.1, -0.05) is 67.9 Å². The molecule has 0 saturated heterocycles. The van der Waals surface area contributed by atoms with Crippen molar-refractivity contribution in [2.75, 3.05) is 0 Å². The first-order chi connectivity index (χ1) is 10.3. The number of nitrogens with zero attached hydrogens (tertiary/aromatic N) is 1. The fourth-order valence-corrected chi connectivity index (χ4v) is 1.96. The van der Waals surface area contributed by atoms with Crippen molar-refractivity contribution in [1.29, 1.82) is 0 Å². The first kappa shape index (κ1) is 15.0. The van der Waals surface area contributed by atoms with Crippen LogP contribution < -0.4 is 5.43 Å². The first-order valence-corrected chi connectivity index (χ1v) is 7.27. The molecule has 1 amide bonds. The SMILES string of the molecule is CCCCC(=O)N/N=C\c1ccc(-c2ccccc2)cc1. The summed E-state index contributed by atoms with van der Waals surface area (Å²) in [5, 5.41) is 3.97. The van der Waals surface area contributed by atoms with E-state index in [9.17, 15) is 4.79 Å². The van der Waals surface area contributed by atoms with E-state index in [2.05, 4.69) is 41.7 Å². The van der Waals surface area contributed by atoms with E-state index < -0.39 is 0 Å². The maximum atomic E-state index is 11.4. The monoisotopic (exact) mass is 280 g/mol. The van der Waals surface area contributed by atoms with E-state index in [-0.39, 0.29) is 5.91 Å². The second-order valence-electron chi connectivity index (χ2n) is 4.88. The summed E-state index contributed by atoms with van der Waals surface area (Å²) in [5.74, 6) is -0.0333. The van der Waals surface area contributed by atoms with Gasteiger partial charge in [-0.3, -0.25) is 4.79 Å². The number of benzene rings is 2. The zero-order valence-corrected chi connectivity index (χ0v) is 12.3. The Kier molecular flexibility index (Phi) is 5.71. The molecule has 3 heteroatoms. The Hall–Kier alpha value is -2.42. The van der Waals surface area contributed by atoms with Crippen molar-refractivity contribution < 1.29 is 4.79 Å². The summed E-state index contributed by atoms with van der Waals surface area (Å²) in [4.78, 5) is 11.4. The summed E-state index contributed by atoms with van der Waals surface area (Å²) in [6, 6.07) is 18.3. The van der Waals surface area contributed by atoms with Gasteiger partial charge in [0.25, 0.3) is 0 Å². The van der Waals surface area contributed by atoms with Crippen molar-refractivity contribution >= 4 is 12.1 Å². The first-order valence-electron chi connectivity index (χ1n) is 7.27. The van der Waals surface area contributed by atoms with Crippen LogP contribution in [-0.2, 0) is 4.79 Å². The number of unbranched alkanes of at least 4 members (excludes halogenated alkanes) is 1. The third kappa shape index (κ3) is 4.88. The van der Waals surface area contributed by atoms with Gasteiger partial charge in [0.05, 0.1) is 6.21 Å². The molecule has 0 radical (unpaired) electrons. The summed E-state index contributed by atoms with van der Waals surface area (Å²) in [7, 11) is 0. The van der Waals surface area contributed by atoms with Gasteiger partial charge in [-0.15, -0.1) is 0 Å². The van der Waals surface area contributed by atoms with Gasteiger partial charge in [0.15, 0.2) is 0 Å². The molecule has 0 saturated carbocycles. The highest BCUT2D eigenvalue weighted by molar-refractivity contribution is 5.83. The molecule has 0 bridgehead atoms. The van der Waals surface area contributed by atoms with Crippen LogP contribution >= 0.6 is 0 Å². The molecular formula is C18H20N2O. The van der Waals surface area contributed by atoms with E-state index in [1.54, 1.807) is 6.21 Å². The lowest BCUT2D eigenvalue weighted by Crippen LogP contribution is -2.16. The van der Waals surface area contributed by atoms with E-state index in [0.29, 0.717) is 6.42 Å². The van der Waals surface area contributed by atoms with Crippen molar-refractivity contribution in [2.45, 2.75) is 26.2 Å². The third-order valence-corrected chi connectivity index (χ3v) is 3.18. The molecule has 2 rings (SSSR count). The van der Waals surface area contributed by atoms with Crippen molar-refractivity contribution in [3.05, 3.63) is 60.2 Å². The topological polar surface area (TPSA) is 41.5 Å². The van der Waals surface area contributed by atoms with Crippen LogP contribution in [0, 0.1) is 0 Å². The van der Waals surface area contributed by atoms with Gasteiger partial charge in [0, 0.05) is 6.42 Å². The predicted octanol–water partition coefficient (Wildman–Crippen LogP) is 3.99. The number of nitrogens with one attached hydrogen (secondary N) is 1. The predicted molar refractivity (Wildman–Crippen MR) is 87.1 cm³/mol. The average Bonchev–Trinajstić information content (AvgIpc) is 2.54. The minimum absolute atomic E-state index is 0.0333. The highest BCUT2D eigenvalue weighted by Gasteiger charge is 1.98. The zero-order chi connectivity index (χ0) is 14.9. The van der Waals surface area contributed by atoms with E-state index in [1.165, 1.54) is 11.1 Å². The van der Waals surface area contributed by atoms with Crippen LogP contribution in [0.3, 0.4) is 0 Å². The summed E-state index contributed by atoms with van der Waals surface area (Å²) in [6.07, 6.45) is 4.10. The van der Waals surface area contributed by atoms with Crippen molar-refractivity contribution in [2.24, 2.45) is 5.10 Å². The molecular weight excluding hydrogens is 260 g/mol. The van der Waals surface area contributed by atoms with Crippen LogP contribution in [0.2, 0.25) is 0 Å². The number of hydrogen-bond acceptors (Lipinski definition) is 2. The molecule has 0 heterocycles. The molecule has 0 aliphatic carbocycles. The van der Waals surface area contributed by atoms with Gasteiger partial charge >= 0.3 is 0 Å². The van der Waals surface area contributed by atoms with Gasteiger partial charge in [0.2, 0.25) is 5.91 Å². The highest BCUT2D eigenvalue weighted by atomic mass is 16.2. The van der Waals surface area contributed by atoms with Gasteiger partial charge in [-0.25, -0.2) is 5.43 Å². The molecule has 21 heavy (non-hydrogen) atoms. The number of hydrazone groups is 1. The molecule has 0 aliphatic rings. The van der Waals surface area contributed by atoms with Crippen molar-refractivity contribution in [3.63, 3.8) is 0 Å². The van der Waals surface area contributed by atoms with Gasteiger partial charge in [-0.2, -0.15) is 5.10 Å². The standard InChI is InChI=1S/C18H20N2O/c1-2-3-9-18(21)20-19-14-15-10-12-17(13-11-15)16-7-5-4-6-8-16/h4-8,10-14H,2-3,9H2,1H3,(H,20,21)/b19-14-. The van der Waals surface area contributed by atoms with Crippen LogP contribution in [-0.4, -0.2) is 12.1 Å². The van der Waals surface area contributed by atoms with Crippen molar-refractivity contribution in [1.82, 2.24) is 5.43 Å². The van der Waals surface area contributed by atoms with Crippen LogP contribution in [0.4, 0.5) is 0 Å². The Balaban J connectivity index is 1.92. The number of carbonyl (C=O) groups is 1. The van der Waals surface area contributed by atoms with Gasteiger partial charge < -0.3 is 0 Å².